The van der Waals surface area contributed by atoms with Gasteiger partial charge in [0.05, 0.1) is 30.0 Å². The number of rotatable bonds is 4. The molecule has 2 aliphatic rings. The number of aromatic nitrogens is 2. The van der Waals surface area contributed by atoms with Crippen LogP contribution in [0.2, 0.25) is 0 Å². The highest BCUT2D eigenvalue weighted by molar-refractivity contribution is 5.88. The monoisotopic (exact) mass is 397 g/mol. The minimum absolute atomic E-state index is 0.125. The number of hydrogen-bond donors (Lipinski definition) is 1. The third-order valence-corrected chi connectivity index (χ3v) is 6.16. The van der Waals surface area contributed by atoms with Crippen molar-refractivity contribution < 1.29 is 19.4 Å². The van der Waals surface area contributed by atoms with Gasteiger partial charge in [-0.25, -0.2) is 4.79 Å². The summed E-state index contributed by atoms with van der Waals surface area (Å²) in [6, 6.07) is 10.1. The van der Waals surface area contributed by atoms with E-state index in [0.717, 1.165) is 31.2 Å². The van der Waals surface area contributed by atoms with Gasteiger partial charge < -0.3 is 14.7 Å². The second-order valence-electron chi connectivity index (χ2n) is 7.90. The van der Waals surface area contributed by atoms with E-state index in [9.17, 15) is 14.7 Å². The minimum atomic E-state index is -0.953. The molecule has 154 valence electrons. The first-order chi connectivity index (χ1) is 14.1. The lowest BCUT2D eigenvalue weighted by molar-refractivity contribution is -0.146. The van der Waals surface area contributed by atoms with E-state index in [1.807, 2.05) is 39.9 Å². The summed E-state index contributed by atoms with van der Waals surface area (Å²) in [6.07, 6.45) is 4.54. The van der Waals surface area contributed by atoms with E-state index in [-0.39, 0.29) is 29.5 Å². The van der Waals surface area contributed by atoms with Gasteiger partial charge in [-0.15, -0.1) is 0 Å². The van der Waals surface area contributed by atoms with Gasteiger partial charge in [0.1, 0.15) is 5.56 Å². The second-order valence-corrected chi connectivity index (χ2v) is 7.90. The van der Waals surface area contributed by atoms with Crippen molar-refractivity contribution in [1.29, 1.82) is 0 Å². The highest BCUT2D eigenvalue weighted by Crippen LogP contribution is 2.36. The van der Waals surface area contributed by atoms with Crippen molar-refractivity contribution in [3.05, 3.63) is 53.3 Å². The molecule has 4 rings (SSSR count). The first kappa shape index (κ1) is 19.6. The zero-order valence-corrected chi connectivity index (χ0v) is 16.7. The predicted octanol–water partition coefficient (Wildman–Crippen LogP) is 3.22. The number of carbonyl (C=O) groups is 2. The lowest BCUT2D eigenvalue weighted by Gasteiger charge is -2.38. The summed E-state index contributed by atoms with van der Waals surface area (Å²) in [4.78, 5) is 26.5. The molecule has 2 atom stereocenters. The molecule has 2 unspecified atom stereocenters. The van der Waals surface area contributed by atoms with E-state index in [0.29, 0.717) is 25.4 Å². The van der Waals surface area contributed by atoms with Crippen LogP contribution in [0.15, 0.2) is 36.5 Å². The highest BCUT2D eigenvalue weighted by atomic mass is 16.5. The van der Waals surface area contributed by atoms with E-state index < -0.39 is 5.97 Å². The van der Waals surface area contributed by atoms with Gasteiger partial charge >= 0.3 is 5.97 Å². The fourth-order valence-corrected chi connectivity index (χ4v) is 4.57. The molecule has 2 fully saturated rings. The number of amides is 1. The van der Waals surface area contributed by atoms with Crippen molar-refractivity contribution >= 4 is 11.9 Å². The van der Waals surface area contributed by atoms with Crippen LogP contribution in [0.1, 0.15) is 59.4 Å². The Kier molecular flexibility index (Phi) is 5.67. The summed E-state index contributed by atoms with van der Waals surface area (Å²) in [5.74, 6) is -0.932. The van der Waals surface area contributed by atoms with Crippen LogP contribution in [-0.2, 0) is 9.53 Å². The van der Waals surface area contributed by atoms with Gasteiger partial charge in [-0.05, 0) is 38.2 Å². The Morgan fingerprint density at radius 1 is 1.14 bits per heavy atom. The average molecular weight is 397 g/mol. The van der Waals surface area contributed by atoms with Crippen LogP contribution in [-0.4, -0.2) is 51.4 Å². The molecular weight excluding hydrogens is 370 g/mol. The van der Waals surface area contributed by atoms with Gasteiger partial charge in [-0.3, -0.25) is 9.48 Å². The number of nitrogens with zero attached hydrogens (tertiary/aromatic N) is 3. The molecule has 1 aromatic heterocycles. The molecule has 2 saturated heterocycles. The predicted molar refractivity (Wildman–Crippen MR) is 107 cm³/mol. The molecule has 1 amide bonds. The third-order valence-electron chi connectivity index (χ3n) is 6.16. The molecule has 0 saturated carbocycles. The SMILES string of the molecule is Cc1c(C(=O)O)cnn1C1CCN(C(=O)C2CCCOC2c2ccccc2)CC1. The standard InChI is InChI=1S/C22H27N3O4/c1-15-19(22(27)28)14-23-25(15)17-9-11-24(12-10-17)21(26)18-8-5-13-29-20(18)16-6-3-2-4-7-16/h2-4,6-7,14,17-18,20H,5,8-13H2,1H3,(H,27,28). The van der Waals surface area contributed by atoms with Gasteiger partial charge in [0.2, 0.25) is 5.91 Å². The zero-order chi connectivity index (χ0) is 20.4. The third kappa shape index (κ3) is 3.92. The number of ether oxygens (including phenoxy) is 1. The van der Waals surface area contributed by atoms with Gasteiger partial charge in [-0.1, -0.05) is 30.3 Å². The van der Waals surface area contributed by atoms with Crippen LogP contribution < -0.4 is 0 Å². The van der Waals surface area contributed by atoms with Crippen molar-refractivity contribution in [1.82, 2.24) is 14.7 Å². The second kappa shape index (κ2) is 8.37. The molecule has 7 nitrogen and oxygen atoms in total. The maximum absolute atomic E-state index is 13.3. The normalized spacial score (nSPS) is 23.1. The van der Waals surface area contributed by atoms with E-state index in [4.69, 9.17) is 4.74 Å². The maximum Gasteiger partial charge on any atom is 0.339 e. The average Bonchev–Trinajstić information content (AvgIpc) is 3.15. The zero-order valence-electron chi connectivity index (χ0n) is 16.7. The van der Waals surface area contributed by atoms with E-state index in [1.165, 1.54) is 6.20 Å². The highest BCUT2D eigenvalue weighted by Gasteiger charge is 2.37. The Bertz CT molecular complexity index is 871. The van der Waals surface area contributed by atoms with Crippen molar-refractivity contribution in [2.75, 3.05) is 19.7 Å². The van der Waals surface area contributed by atoms with Gasteiger partial charge in [0, 0.05) is 19.7 Å². The molecule has 0 aliphatic carbocycles. The maximum atomic E-state index is 13.3. The number of carboxylic acid groups (broad SMARTS) is 1. The smallest absolute Gasteiger partial charge is 0.339 e. The Balaban J connectivity index is 1.42. The van der Waals surface area contributed by atoms with E-state index in [1.54, 1.807) is 6.92 Å². The first-order valence-corrected chi connectivity index (χ1v) is 10.3. The molecule has 0 spiro atoms. The number of hydrogen-bond acceptors (Lipinski definition) is 4. The quantitative estimate of drug-likeness (QED) is 0.856. The Morgan fingerprint density at radius 3 is 2.52 bits per heavy atom. The van der Waals surface area contributed by atoms with Crippen molar-refractivity contribution in [3.8, 4) is 0 Å². The van der Waals surface area contributed by atoms with Crippen LogP contribution >= 0.6 is 0 Å². The first-order valence-electron chi connectivity index (χ1n) is 10.3. The molecule has 1 N–H and O–H groups in total. The van der Waals surface area contributed by atoms with Crippen LogP contribution in [0.25, 0.3) is 0 Å². The van der Waals surface area contributed by atoms with E-state index >= 15 is 0 Å². The Labute approximate surface area is 170 Å². The number of likely N-dealkylation sites (tertiary alicyclic amines) is 1. The fraction of sp³-hybridized carbons (Fsp3) is 0.500. The molecule has 2 aliphatic heterocycles. The number of carboxylic acids is 1. The molecule has 7 heteroatoms. The summed E-state index contributed by atoms with van der Waals surface area (Å²) in [5, 5.41) is 13.5. The Hall–Kier alpha value is -2.67. The number of aromatic carboxylic acids is 1. The molecule has 2 aromatic rings. The fourth-order valence-electron chi connectivity index (χ4n) is 4.57. The summed E-state index contributed by atoms with van der Waals surface area (Å²) >= 11 is 0. The molecule has 29 heavy (non-hydrogen) atoms. The number of benzene rings is 1. The summed E-state index contributed by atoms with van der Waals surface area (Å²) < 4.78 is 7.81. The molecule has 3 heterocycles. The number of piperidine rings is 1. The van der Waals surface area contributed by atoms with Crippen LogP contribution in [0, 0.1) is 12.8 Å². The van der Waals surface area contributed by atoms with Gasteiger partial charge in [0.25, 0.3) is 0 Å². The topological polar surface area (TPSA) is 84.7 Å². The van der Waals surface area contributed by atoms with Crippen molar-refractivity contribution in [2.45, 2.75) is 44.8 Å². The summed E-state index contributed by atoms with van der Waals surface area (Å²) in [5.41, 5.74) is 1.98. The Morgan fingerprint density at radius 2 is 1.86 bits per heavy atom. The van der Waals surface area contributed by atoms with Crippen LogP contribution in [0.3, 0.4) is 0 Å². The lowest BCUT2D eigenvalue weighted by atomic mass is 9.87. The van der Waals surface area contributed by atoms with Crippen molar-refractivity contribution in [2.24, 2.45) is 5.92 Å². The summed E-state index contributed by atoms with van der Waals surface area (Å²) in [7, 11) is 0. The van der Waals surface area contributed by atoms with Crippen LogP contribution in [0.5, 0.6) is 0 Å². The largest absolute Gasteiger partial charge is 0.478 e. The molecule has 0 bridgehead atoms. The lowest BCUT2D eigenvalue weighted by Crippen LogP contribution is -2.45. The molecule has 0 radical (unpaired) electrons. The van der Waals surface area contributed by atoms with E-state index in [2.05, 4.69) is 5.10 Å². The van der Waals surface area contributed by atoms with Crippen molar-refractivity contribution in [3.63, 3.8) is 0 Å². The molecular formula is C22H27N3O4. The number of carbonyl (C=O) groups excluding carboxylic acids is 1. The summed E-state index contributed by atoms with van der Waals surface area (Å²) in [6.45, 7) is 3.79. The van der Waals surface area contributed by atoms with Gasteiger partial charge in [-0.2, -0.15) is 5.10 Å². The minimum Gasteiger partial charge on any atom is -0.478 e. The van der Waals surface area contributed by atoms with Gasteiger partial charge in [0.15, 0.2) is 0 Å². The molecule has 1 aromatic carbocycles. The van der Waals surface area contributed by atoms with Crippen LogP contribution in [0.4, 0.5) is 0 Å².